The Morgan fingerprint density at radius 1 is 1.18 bits per heavy atom. The fourth-order valence-corrected chi connectivity index (χ4v) is 3.18. The van der Waals surface area contributed by atoms with E-state index < -0.39 is 5.60 Å². The van der Waals surface area contributed by atoms with Gasteiger partial charge in [-0.05, 0) is 64.7 Å². The van der Waals surface area contributed by atoms with E-state index in [2.05, 4.69) is 15.6 Å². The summed E-state index contributed by atoms with van der Waals surface area (Å²) >= 11 is 0. The molecule has 2 rings (SSSR count). The van der Waals surface area contributed by atoms with Gasteiger partial charge in [-0.15, -0.1) is 24.0 Å². The molecule has 1 aliphatic carbocycles. The second-order valence-corrected chi connectivity index (χ2v) is 9.24. The van der Waals surface area contributed by atoms with E-state index in [1.807, 2.05) is 56.9 Å². The zero-order valence-electron chi connectivity index (χ0n) is 20.8. The summed E-state index contributed by atoms with van der Waals surface area (Å²) < 4.78 is 5.55. The Labute approximate surface area is 215 Å². The summed E-state index contributed by atoms with van der Waals surface area (Å²) in [7, 11) is 3.50. The van der Waals surface area contributed by atoms with Crippen LogP contribution in [0, 0.1) is 0 Å². The third kappa shape index (κ3) is 10.6. The zero-order valence-corrected chi connectivity index (χ0v) is 23.1. The van der Waals surface area contributed by atoms with Gasteiger partial charge >= 0.3 is 6.09 Å². The van der Waals surface area contributed by atoms with Crippen molar-refractivity contribution in [1.82, 2.24) is 20.4 Å². The number of halogens is 1. The van der Waals surface area contributed by atoms with Crippen molar-refractivity contribution >= 4 is 41.9 Å². The molecule has 0 spiro atoms. The van der Waals surface area contributed by atoms with Crippen LogP contribution in [0.15, 0.2) is 29.3 Å². The Balaban J connectivity index is 0.00000544. The van der Waals surface area contributed by atoms with E-state index in [0.717, 1.165) is 31.4 Å². The van der Waals surface area contributed by atoms with Crippen LogP contribution in [-0.2, 0) is 11.2 Å². The highest BCUT2D eigenvalue weighted by molar-refractivity contribution is 14.0. The van der Waals surface area contributed by atoms with Gasteiger partial charge in [-0.1, -0.05) is 12.1 Å². The topological polar surface area (TPSA) is 86.3 Å². The van der Waals surface area contributed by atoms with E-state index in [4.69, 9.17) is 4.74 Å². The molecule has 8 nitrogen and oxygen atoms in total. The second kappa shape index (κ2) is 13.6. The Hall–Kier alpha value is -2.04. The van der Waals surface area contributed by atoms with Crippen molar-refractivity contribution in [2.24, 2.45) is 4.99 Å². The summed E-state index contributed by atoms with van der Waals surface area (Å²) in [5, 5.41) is 6.55. The lowest BCUT2D eigenvalue weighted by Gasteiger charge is -2.27. The normalized spacial score (nSPS) is 13.6. The van der Waals surface area contributed by atoms with Crippen LogP contribution in [0.3, 0.4) is 0 Å². The van der Waals surface area contributed by atoms with Gasteiger partial charge in [0.15, 0.2) is 5.96 Å². The lowest BCUT2D eigenvalue weighted by atomic mass is 10.1. The van der Waals surface area contributed by atoms with Crippen molar-refractivity contribution in [2.45, 2.75) is 58.6 Å². The maximum Gasteiger partial charge on any atom is 0.410 e. The Kier molecular flexibility index (Phi) is 12.0. The first kappa shape index (κ1) is 29.0. The summed E-state index contributed by atoms with van der Waals surface area (Å²) in [5.41, 5.74) is 1.26. The molecule has 2 amide bonds. The number of carbonyl (C=O) groups excluding carboxylic acids is 2. The van der Waals surface area contributed by atoms with Gasteiger partial charge in [-0.25, -0.2) is 4.79 Å². The van der Waals surface area contributed by atoms with Crippen molar-refractivity contribution < 1.29 is 14.3 Å². The Morgan fingerprint density at radius 2 is 1.88 bits per heavy atom. The lowest BCUT2D eigenvalue weighted by Crippen LogP contribution is -2.45. The predicted octanol–water partition coefficient (Wildman–Crippen LogP) is 3.50. The summed E-state index contributed by atoms with van der Waals surface area (Å²) in [6, 6.07) is 7.95. The van der Waals surface area contributed by atoms with Crippen LogP contribution >= 0.6 is 24.0 Å². The Bertz CT molecular complexity index is 804. The molecule has 1 aliphatic rings. The molecule has 1 saturated carbocycles. The molecule has 0 bridgehead atoms. The van der Waals surface area contributed by atoms with Gasteiger partial charge in [0.2, 0.25) is 0 Å². The van der Waals surface area contributed by atoms with Crippen molar-refractivity contribution in [3.63, 3.8) is 0 Å². The fraction of sp³-hybridized carbons (Fsp3) is 0.625. The first-order valence-electron chi connectivity index (χ1n) is 11.4. The molecule has 2 N–H and O–H groups in total. The molecule has 0 saturated heterocycles. The number of rotatable bonds is 9. The summed E-state index contributed by atoms with van der Waals surface area (Å²) in [6.07, 6.45) is 2.54. The molecule has 0 unspecified atom stereocenters. The fourth-order valence-electron chi connectivity index (χ4n) is 3.18. The third-order valence-electron chi connectivity index (χ3n) is 4.86. The van der Waals surface area contributed by atoms with E-state index in [9.17, 15) is 9.59 Å². The minimum atomic E-state index is -0.498. The SMILES string of the molecule is CCNC(=NCCc1cccc(C(=O)N(C)C)c1)NCCN(C(=O)OC(C)(C)C)C1CC1.I. The van der Waals surface area contributed by atoms with Gasteiger partial charge in [0.05, 0.1) is 0 Å². The van der Waals surface area contributed by atoms with Gasteiger partial charge in [0, 0.05) is 51.9 Å². The smallest absolute Gasteiger partial charge is 0.410 e. The first-order valence-corrected chi connectivity index (χ1v) is 11.4. The van der Waals surface area contributed by atoms with Gasteiger partial charge < -0.3 is 25.2 Å². The second-order valence-electron chi connectivity index (χ2n) is 9.24. The predicted molar refractivity (Wildman–Crippen MR) is 144 cm³/mol. The van der Waals surface area contributed by atoms with E-state index in [-0.39, 0.29) is 42.0 Å². The molecular weight excluding hydrogens is 533 g/mol. The first-order chi connectivity index (χ1) is 15.1. The number of amides is 2. The van der Waals surface area contributed by atoms with Gasteiger partial charge in [0.1, 0.15) is 5.60 Å². The summed E-state index contributed by atoms with van der Waals surface area (Å²) in [6.45, 7) is 10.2. The van der Waals surface area contributed by atoms with Crippen LogP contribution < -0.4 is 10.6 Å². The van der Waals surface area contributed by atoms with Gasteiger partial charge in [-0.3, -0.25) is 9.79 Å². The van der Waals surface area contributed by atoms with Crippen LogP contribution in [0.4, 0.5) is 4.79 Å². The molecule has 0 atom stereocenters. The van der Waals surface area contributed by atoms with E-state index in [1.165, 1.54) is 0 Å². The zero-order chi connectivity index (χ0) is 23.7. The van der Waals surface area contributed by atoms with Crippen molar-refractivity contribution in [2.75, 3.05) is 40.3 Å². The van der Waals surface area contributed by atoms with E-state index in [1.54, 1.807) is 19.0 Å². The van der Waals surface area contributed by atoms with Crippen molar-refractivity contribution in [3.8, 4) is 0 Å². The van der Waals surface area contributed by atoms with Crippen LogP contribution in [0.2, 0.25) is 0 Å². The standard InChI is InChI=1S/C24H39N5O3.HI/c1-7-25-22(26-14-13-18-9-8-10-19(17-18)21(30)28(5)6)27-15-16-29(20-11-12-20)23(31)32-24(2,3)4;/h8-10,17,20H,7,11-16H2,1-6H3,(H2,25,26,27);1H. The van der Waals surface area contributed by atoms with Crippen LogP contribution in [0.25, 0.3) is 0 Å². The van der Waals surface area contributed by atoms with E-state index in [0.29, 0.717) is 31.2 Å². The number of benzene rings is 1. The largest absolute Gasteiger partial charge is 0.444 e. The highest BCUT2D eigenvalue weighted by Gasteiger charge is 2.34. The number of carbonyl (C=O) groups is 2. The molecule has 186 valence electrons. The molecule has 1 aromatic rings. The minimum absolute atomic E-state index is 0. The molecule has 0 aliphatic heterocycles. The van der Waals surface area contributed by atoms with Crippen LogP contribution in [-0.4, -0.2) is 79.7 Å². The molecule has 1 aromatic carbocycles. The van der Waals surface area contributed by atoms with Crippen molar-refractivity contribution in [1.29, 1.82) is 0 Å². The monoisotopic (exact) mass is 573 g/mol. The summed E-state index contributed by atoms with van der Waals surface area (Å²) in [4.78, 5) is 32.7. The average molecular weight is 574 g/mol. The number of hydrogen-bond acceptors (Lipinski definition) is 4. The van der Waals surface area contributed by atoms with E-state index >= 15 is 0 Å². The van der Waals surface area contributed by atoms with Gasteiger partial charge in [0.25, 0.3) is 5.91 Å². The number of aliphatic imine (C=N–C) groups is 1. The highest BCUT2D eigenvalue weighted by Crippen LogP contribution is 2.28. The van der Waals surface area contributed by atoms with Crippen LogP contribution in [0.1, 0.15) is 56.5 Å². The maximum atomic E-state index is 12.5. The molecular formula is C24H40IN5O3. The van der Waals surface area contributed by atoms with Crippen molar-refractivity contribution in [3.05, 3.63) is 35.4 Å². The number of nitrogens with zero attached hydrogens (tertiary/aromatic N) is 3. The van der Waals surface area contributed by atoms with Gasteiger partial charge in [-0.2, -0.15) is 0 Å². The molecule has 33 heavy (non-hydrogen) atoms. The number of guanidine groups is 1. The maximum absolute atomic E-state index is 12.5. The lowest BCUT2D eigenvalue weighted by molar-refractivity contribution is 0.0237. The number of hydrogen-bond donors (Lipinski definition) is 2. The number of ether oxygens (including phenoxy) is 1. The highest BCUT2D eigenvalue weighted by atomic mass is 127. The molecule has 0 aromatic heterocycles. The average Bonchev–Trinajstić information content (AvgIpc) is 3.54. The molecule has 0 heterocycles. The molecule has 1 fully saturated rings. The Morgan fingerprint density at radius 3 is 2.45 bits per heavy atom. The minimum Gasteiger partial charge on any atom is -0.444 e. The quantitative estimate of drug-likeness (QED) is 0.269. The molecule has 9 heteroatoms. The van der Waals surface area contributed by atoms with Crippen LogP contribution in [0.5, 0.6) is 0 Å². The molecule has 0 radical (unpaired) electrons. The summed E-state index contributed by atoms with van der Waals surface area (Å²) in [5.74, 6) is 0.712. The third-order valence-corrected chi connectivity index (χ3v) is 4.86. The number of nitrogens with one attached hydrogen (secondary N) is 2.